The van der Waals surface area contributed by atoms with Crippen LogP contribution in [0, 0.1) is 5.92 Å². The molecule has 0 aliphatic carbocycles. The van der Waals surface area contributed by atoms with Crippen LogP contribution in [-0.2, 0) is 4.79 Å². The SMILES string of the molecule is CCNc1nc(NCC)n2c(SCC(=O)NCCCCN3CCC(C)CC3)nnc2n1. The summed E-state index contributed by atoms with van der Waals surface area (Å²) in [6.07, 6.45) is 4.74. The first-order valence-corrected chi connectivity index (χ1v) is 12.3. The van der Waals surface area contributed by atoms with Gasteiger partial charge >= 0.3 is 0 Å². The van der Waals surface area contributed by atoms with Crippen molar-refractivity contribution in [1.82, 2.24) is 34.8 Å². The molecule has 31 heavy (non-hydrogen) atoms. The molecule has 3 rings (SSSR count). The van der Waals surface area contributed by atoms with Crippen molar-refractivity contribution in [3.63, 3.8) is 0 Å². The van der Waals surface area contributed by atoms with Gasteiger partial charge < -0.3 is 20.9 Å². The molecule has 0 bridgehead atoms. The molecule has 10 nitrogen and oxygen atoms in total. The van der Waals surface area contributed by atoms with E-state index in [-0.39, 0.29) is 11.7 Å². The lowest BCUT2D eigenvalue weighted by molar-refractivity contribution is -0.118. The Morgan fingerprint density at radius 1 is 1.10 bits per heavy atom. The van der Waals surface area contributed by atoms with E-state index >= 15 is 0 Å². The summed E-state index contributed by atoms with van der Waals surface area (Å²) in [7, 11) is 0. The Hall–Kier alpha value is -2.14. The second-order valence-electron chi connectivity index (χ2n) is 7.92. The Kier molecular flexibility index (Phi) is 9.13. The number of thioether (sulfide) groups is 1. The molecule has 2 aromatic rings. The van der Waals surface area contributed by atoms with Gasteiger partial charge in [-0.3, -0.25) is 4.79 Å². The van der Waals surface area contributed by atoms with Gasteiger partial charge in [0.2, 0.25) is 17.8 Å². The molecule has 11 heteroatoms. The number of rotatable bonds is 12. The Bertz CT molecular complexity index is 835. The standard InChI is InChI=1S/C20H35N9OS/c1-4-21-17-24-18(22-5-2)29-19(25-17)26-27-20(29)31-14-16(30)23-10-6-7-11-28-12-8-15(3)9-13-28/h15H,4-14H2,1-3H3,(H,23,30)(H2,21,22,24,25,26). The van der Waals surface area contributed by atoms with Crippen molar-refractivity contribution >= 4 is 35.3 Å². The number of unbranched alkanes of at least 4 members (excludes halogenated alkanes) is 1. The van der Waals surface area contributed by atoms with E-state index in [0.717, 1.165) is 31.8 Å². The molecule has 0 atom stereocenters. The molecule has 0 aromatic carbocycles. The minimum absolute atomic E-state index is 0.00346. The summed E-state index contributed by atoms with van der Waals surface area (Å²) in [4.78, 5) is 23.7. The fraction of sp³-hybridized carbons (Fsp3) is 0.750. The van der Waals surface area contributed by atoms with E-state index in [1.807, 2.05) is 13.8 Å². The largest absolute Gasteiger partial charge is 0.355 e. The van der Waals surface area contributed by atoms with Crippen LogP contribution in [0.4, 0.5) is 11.9 Å². The summed E-state index contributed by atoms with van der Waals surface area (Å²) >= 11 is 1.34. The Balaban J connectivity index is 1.43. The average molecular weight is 450 g/mol. The maximum atomic E-state index is 12.3. The van der Waals surface area contributed by atoms with E-state index in [9.17, 15) is 4.79 Å². The van der Waals surface area contributed by atoms with Gasteiger partial charge in [-0.2, -0.15) is 9.97 Å². The lowest BCUT2D eigenvalue weighted by Crippen LogP contribution is -2.34. The predicted octanol–water partition coefficient (Wildman–Crippen LogP) is 2.10. The molecule has 3 heterocycles. The molecule has 0 unspecified atom stereocenters. The lowest BCUT2D eigenvalue weighted by atomic mass is 9.99. The van der Waals surface area contributed by atoms with Gasteiger partial charge in [0, 0.05) is 19.6 Å². The van der Waals surface area contributed by atoms with Crippen LogP contribution in [0.3, 0.4) is 0 Å². The van der Waals surface area contributed by atoms with Crippen molar-refractivity contribution in [2.45, 2.75) is 51.6 Å². The molecule has 1 aliphatic rings. The molecular weight excluding hydrogens is 414 g/mol. The molecule has 1 fully saturated rings. The Labute approximate surface area is 188 Å². The van der Waals surface area contributed by atoms with Gasteiger partial charge in [0.25, 0.3) is 5.78 Å². The van der Waals surface area contributed by atoms with E-state index in [1.165, 1.54) is 37.7 Å². The van der Waals surface area contributed by atoms with Crippen LogP contribution in [0.5, 0.6) is 0 Å². The van der Waals surface area contributed by atoms with Gasteiger partial charge in [0.05, 0.1) is 5.75 Å². The first kappa shape index (κ1) is 23.5. The molecule has 1 amide bonds. The molecule has 0 saturated carbocycles. The Morgan fingerprint density at radius 3 is 2.61 bits per heavy atom. The number of anilines is 2. The number of hydrogen-bond acceptors (Lipinski definition) is 9. The molecular formula is C20H35N9OS. The number of carbonyl (C=O) groups is 1. The lowest BCUT2D eigenvalue weighted by Gasteiger charge is -2.30. The fourth-order valence-electron chi connectivity index (χ4n) is 3.55. The quantitative estimate of drug-likeness (QED) is 0.331. The highest BCUT2D eigenvalue weighted by atomic mass is 32.2. The minimum atomic E-state index is 0.00346. The third-order valence-corrected chi connectivity index (χ3v) is 6.28. The maximum Gasteiger partial charge on any atom is 0.261 e. The van der Waals surface area contributed by atoms with Crippen LogP contribution in [-0.4, -0.2) is 80.4 Å². The van der Waals surface area contributed by atoms with Gasteiger partial charge in [0.15, 0.2) is 5.16 Å². The zero-order valence-corrected chi connectivity index (χ0v) is 19.7. The highest BCUT2D eigenvalue weighted by molar-refractivity contribution is 7.99. The number of hydrogen-bond donors (Lipinski definition) is 3. The van der Waals surface area contributed by atoms with Crippen molar-refractivity contribution < 1.29 is 4.79 Å². The first-order chi connectivity index (χ1) is 15.1. The van der Waals surface area contributed by atoms with Crippen LogP contribution < -0.4 is 16.0 Å². The fourth-order valence-corrected chi connectivity index (χ4v) is 4.31. The number of amides is 1. The smallest absolute Gasteiger partial charge is 0.261 e. The van der Waals surface area contributed by atoms with Gasteiger partial charge in [-0.1, -0.05) is 18.7 Å². The number of nitrogens with one attached hydrogen (secondary N) is 3. The van der Waals surface area contributed by atoms with E-state index in [2.05, 4.69) is 47.9 Å². The van der Waals surface area contributed by atoms with Gasteiger partial charge in [-0.25, -0.2) is 4.40 Å². The van der Waals surface area contributed by atoms with Crippen LogP contribution >= 0.6 is 11.8 Å². The van der Waals surface area contributed by atoms with Crippen molar-refractivity contribution in [2.75, 3.05) is 55.7 Å². The van der Waals surface area contributed by atoms with Crippen molar-refractivity contribution in [2.24, 2.45) is 5.92 Å². The van der Waals surface area contributed by atoms with Gasteiger partial charge in [0.1, 0.15) is 0 Å². The number of carbonyl (C=O) groups excluding carboxylic acids is 1. The van der Waals surface area contributed by atoms with Crippen molar-refractivity contribution in [3.05, 3.63) is 0 Å². The second-order valence-corrected chi connectivity index (χ2v) is 8.86. The molecule has 0 spiro atoms. The Morgan fingerprint density at radius 2 is 1.87 bits per heavy atom. The zero-order valence-electron chi connectivity index (χ0n) is 18.9. The molecule has 1 aliphatic heterocycles. The van der Waals surface area contributed by atoms with E-state index in [4.69, 9.17) is 0 Å². The predicted molar refractivity (Wildman–Crippen MR) is 125 cm³/mol. The third kappa shape index (κ3) is 6.93. The summed E-state index contributed by atoms with van der Waals surface area (Å²) in [5.74, 6) is 2.73. The summed E-state index contributed by atoms with van der Waals surface area (Å²) in [5.41, 5.74) is 0. The highest BCUT2D eigenvalue weighted by Gasteiger charge is 2.16. The number of nitrogens with zero attached hydrogens (tertiary/aromatic N) is 6. The summed E-state index contributed by atoms with van der Waals surface area (Å²) in [5, 5.41) is 18.3. The molecule has 1 saturated heterocycles. The number of aromatic nitrogens is 5. The van der Waals surface area contributed by atoms with Crippen molar-refractivity contribution in [3.8, 4) is 0 Å². The van der Waals surface area contributed by atoms with E-state index in [0.29, 0.717) is 35.9 Å². The summed E-state index contributed by atoms with van der Waals surface area (Å²) in [6, 6.07) is 0. The molecule has 3 N–H and O–H groups in total. The van der Waals surface area contributed by atoms with E-state index in [1.54, 1.807) is 4.40 Å². The van der Waals surface area contributed by atoms with Gasteiger partial charge in [-0.15, -0.1) is 10.2 Å². The minimum Gasteiger partial charge on any atom is -0.355 e. The summed E-state index contributed by atoms with van der Waals surface area (Å²) < 4.78 is 1.75. The average Bonchev–Trinajstić information content (AvgIpc) is 3.17. The first-order valence-electron chi connectivity index (χ1n) is 11.3. The molecule has 172 valence electrons. The van der Waals surface area contributed by atoms with Crippen LogP contribution in [0.25, 0.3) is 5.78 Å². The number of likely N-dealkylation sites (tertiary alicyclic amines) is 1. The van der Waals surface area contributed by atoms with Crippen molar-refractivity contribution in [1.29, 1.82) is 0 Å². The van der Waals surface area contributed by atoms with Crippen LogP contribution in [0.2, 0.25) is 0 Å². The van der Waals surface area contributed by atoms with Crippen LogP contribution in [0.1, 0.15) is 46.5 Å². The van der Waals surface area contributed by atoms with Crippen LogP contribution in [0.15, 0.2) is 5.16 Å². The maximum absolute atomic E-state index is 12.3. The normalized spacial score (nSPS) is 15.3. The third-order valence-electron chi connectivity index (χ3n) is 5.35. The number of fused-ring (bicyclic) bond motifs is 1. The van der Waals surface area contributed by atoms with Gasteiger partial charge in [-0.05, 0) is 65.1 Å². The molecule has 2 aromatic heterocycles. The topological polar surface area (TPSA) is 112 Å². The van der Waals surface area contributed by atoms with E-state index < -0.39 is 0 Å². The zero-order chi connectivity index (χ0) is 22.1. The molecule has 0 radical (unpaired) electrons. The summed E-state index contributed by atoms with van der Waals surface area (Å²) in [6.45, 7) is 12.0. The highest BCUT2D eigenvalue weighted by Crippen LogP contribution is 2.21. The number of piperidine rings is 1. The monoisotopic (exact) mass is 449 g/mol. The second kappa shape index (κ2) is 12.0.